The Kier molecular flexibility index (Phi) is 7.75. The molecule has 0 radical (unpaired) electrons. The topological polar surface area (TPSA) is 0 Å². The molecule has 0 aliphatic heterocycles. The maximum absolute atomic E-state index is 4.02. The van der Waals surface area contributed by atoms with Crippen molar-refractivity contribution in [3.05, 3.63) is 117 Å². The van der Waals surface area contributed by atoms with Crippen LogP contribution in [0.5, 0.6) is 0 Å². The van der Waals surface area contributed by atoms with Gasteiger partial charge in [-0.25, -0.2) is 0 Å². The second-order valence-electron chi connectivity index (χ2n) is 15.7. The first-order valence-electron chi connectivity index (χ1n) is 17.8. The molecule has 4 atom stereocenters. The van der Waals surface area contributed by atoms with Gasteiger partial charge in [-0.1, -0.05) is 150 Å². The van der Waals surface area contributed by atoms with Gasteiger partial charge in [-0.05, 0) is 117 Å². The van der Waals surface area contributed by atoms with Crippen LogP contribution in [0.1, 0.15) is 127 Å². The third-order valence-corrected chi connectivity index (χ3v) is 13.0. The third-order valence-electron chi connectivity index (χ3n) is 12.3. The van der Waals surface area contributed by atoms with Crippen LogP contribution in [0.25, 0.3) is 22.3 Å². The second-order valence-corrected chi connectivity index (χ2v) is 16.6. The van der Waals surface area contributed by atoms with Gasteiger partial charge in [-0.3, -0.25) is 0 Å². The van der Waals surface area contributed by atoms with Gasteiger partial charge in [0.15, 0.2) is 0 Å². The number of halogens is 1. The van der Waals surface area contributed by atoms with Crippen molar-refractivity contribution in [2.75, 3.05) is 0 Å². The largest absolute Gasteiger partial charge is 0.0726 e. The van der Waals surface area contributed by atoms with E-state index in [2.05, 4.69) is 143 Å². The van der Waals surface area contributed by atoms with E-state index >= 15 is 0 Å². The van der Waals surface area contributed by atoms with E-state index in [0.29, 0.717) is 5.41 Å². The monoisotopic (exact) mass is 658 g/mol. The molecule has 3 aliphatic carbocycles. The van der Waals surface area contributed by atoms with Gasteiger partial charge in [0.1, 0.15) is 0 Å². The lowest BCUT2D eigenvalue weighted by atomic mass is 9.68. The first-order valence-corrected chi connectivity index (χ1v) is 18.6. The van der Waals surface area contributed by atoms with Gasteiger partial charge in [0, 0.05) is 10.0 Å². The molecule has 0 bridgehead atoms. The lowest BCUT2D eigenvalue weighted by Crippen LogP contribution is -2.28. The van der Waals surface area contributed by atoms with Crippen molar-refractivity contribution < 1.29 is 0 Å². The van der Waals surface area contributed by atoms with Crippen LogP contribution in [-0.4, -0.2) is 0 Å². The van der Waals surface area contributed by atoms with Crippen LogP contribution < -0.4 is 0 Å². The van der Waals surface area contributed by atoms with Gasteiger partial charge in [0.05, 0.1) is 5.41 Å². The first kappa shape index (κ1) is 31.0. The van der Waals surface area contributed by atoms with E-state index in [-0.39, 0.29) is 10.8 Å². The minimum Gasteiger partial charge on any atom is -0.0645 e. The lowest BCUT2D eigenvalue weighted by Gasteiger charge is -2.34. The molecule has 0 N–H and O–H groups in total. The van der Waals surface area contributed by atoms with E-state index in [9.17, 15) is 0 Å². The van der Waals surface area contributed by atoms with E-state index in [4.69, 9.17) is 0 Å². The van der Waals surface area contributed by atoms with Crippen molar-refractivity contribution in [3.8, 4) is 22.3 Å². The molecule has 7 rings (SSSR count). The fourth-order valence-corrected chi connectivity index (χ4v) is 10.1. The van der Waals surface area contributed by atoms with Crippen molar-refractivity contribution in [2.24, 2.45) is 17.8 Å². The zero-order valence-corrected chi connectivity index (χ0v) is 30.2. The first-order chi connectivity index (χ1) is 21.6. The highest BCUT2D eigenvalue weighted by atomic mass is 79.9. The molecule has 4 aromatic rings. The lowest BCUT2D eigenvalue weighted by molar-refractivity contribution is 0.382. The maximum Gasteiger partial charge on any atom is 0.0726 e. The van der Waals surface area contributed by atoms with Crippen molar-refractivity contribution in [1.82, 2.24) is 0 Å². The summed E-state index contributed by atoms with van der Waals surface area (Å²) >= 11 is 4.02. The summed E-state index contributed by atoms with van der Waals surface area (Å²) in [6.07, 6.45) is 8.84. The van der Waals surface area contributed by atoms with Crippen LogP contribution in [0.3, 0.4) is 0 Å². The quantitative estimate of drug-likeness (QED) is 0.137. The standard InChI is InChI=1S/C44H51Br/c1-8-42(7,23-13-14-28(3)4)30-19-21-33-34-22-20-31(43(9-2)27-32(43)24-29(5)6)26-39(34)44(38(33)25-30)36-16-11-10-15-35(36)41-37(44)17-12-18-40(41)45/h10-12,15-22,25-26,28-29,32H,8-9,13-14,23-24,27H2,1-7H3. The Balaban J connectivity index is 1.48. The van der Waals surface area contributed by atoms with E-state index in [0.717, 1.165) is 24.2 Å². The summed E-state index contributed by atoms with van der Waals surface area (Å²) in [5.41, 5.74) is 14.7. The number of rotatable bonds is 10. The van der Waals surface area contributed by atoms with Crippen molar-refractivity contribution in [3.63, 3.8) is 0 Å². The van der Waals surface area contributed by atoms with Crippen LogP contribution in [-0.2, 0) is 16.2 Å². The summed E-state index contributed by atoms with van der Waals surface area (Å²) in [5.74, 6) is 2.28. The molecule has 1 spiro atoms. The Hall–Kier alpha value is -2.64. The fourth-order valence-electron chi connectivity index (χ4n) is 9.55. The van der Waals surface area contributed by atoms with Crippen LogP contribution in [0.15, 0.2) is 83.3 Å². The van der Waals surface area contributed by atoms with Crippen LogP contribution >= 0.6 is 15.9 Å². The smallest absolute Gasteiger partial charge is 0.0645 e. The van der Waals surface area contributed by atoms with Gasteiger partial charge in [-0.2, -0.15) is 0 Å². The molecule has 0 aromatic heterocycles. The molecule has 0 heterocycles. The number of fused-ring (bicyclic) bond motifs is 10. The second kappa shape index (κ2) is 11.3. The summed E-state index contributed by atoms with van der Waals surface area (Å²) in [6, 6.07) is 31.5. The Morgan fingerprint density at radius 2 is 1.49 bits per heavy atom. The van der Waals surface area contributed by atoms with Crippen LogP contribution in [0, 0.1) is 17.8 Å². The number of benzene rings is 4. The average molecular weight is 660 g/mol. The van der Waals surface area contributed by atoms with E-state index < -0.39 is 0 Å². The molecule has 234 valence electrons. The summed E-state index contributed by atoms with van der Waals surface area (Å²) in [4.78, 5) is 0. The van der Waals surface area contributed by atoms with Gasteiger partial charge >= 0.3 is 0 Å². The molecule has 1 fully saturated rings. The molecular formula is C44H51Br. The van der Waals surface area contributed by atoms with Crippen molar-refractivity contribution in [2.45, 2.75) is 110 Å². The zero-order chi connectivity index (χ0) is 31.7. The van der Waals surface area contributed by atoms with E-state index in [1.165, 1.54) is 93.1 Å². The molecule has 4 aromatic carbocycles. The Morgan fingerprint density at radius 3 is 2.20 bits per heavy atom. The van der Waals surface area contributed by atoms with Crippen LogP contribution in [0.4, 0.5) is 0 Å². The third kappa shape index (κ3) is 4.57. The molecule has 0 saturated heterocycles. The minimum absolute atomic E-state index is 0.160. The fraction of sp³-hybridized carbons (Fsp3) is 0.455. The highest BCUT2D eigenvalue weighted by molar-refractivity contribution is 9.10. The number of hydrogen-bond donors (Lipinski definition) is 0. The summed E-state index contributed by atoms with van der Waals surface area (Å²) in [5, 5.41) is 0. The summed E-state index contributed by atoms with van der Waals surface area (Å²) in [6.45, 7) is 16.8. The summed E-state index contributed by atoms with van der Waals surface area (Å²) in [7, 11) is 0. The van der Waals surface area contributed by atoms with Crippen molar-refractivity contribution in [1.29, 1.82) is 0 Å². The normalized spacial score (nSPS) is 23.6. The molecule has 0 amide bonds. The Labute approximate surface area is 281 Å². The molecule has 45 heavy (non-hydrogen) atoms. The molecule has 0 nitrogen and oxygen atoms in total. The Bertz CT molecular complexity index is 1760. The average Bonchev–Trinajstić information content (AvgIpc) is 3.54. The van der Waals surface area contributed by atoms with Gasteiger partial charge in [0.25, 0.3) is 0 Å². The highest BCUT2D eigenvalue weighted by Crippen LogP contribution is 2.66. The SMILES string of the molecule is CCC(C)(CCCC(C)C)c1ccc2c(c1)C1(c3cc(C4(CC)CC4CC(C)C)ccc3-2)c2ccccc2-c2c(Br)cccc21. The molecule has 1 saturated carbocycles. The van der Waals surface area contributed by atoms with Crippen molar-refractivity contribution >= 4 is 15.9 Å². The highest BCUT2D eigenvalue weighted by Gasteiger charge is 2.56. The van der Waals surface area contributed by atoms with Gasteiger partial charge < -0.3 is 0 Å². The van der Waals surface area contributed by atoms with Gasteiger partial charge in [-0.15, -0.1) is 0 Å². The van der Waals surface area contributed by atoms with E-state index in [1.807, 2.05) is 0 Å². The zero-order valence-electron chi connectivity index (χ0n) is 28.6. The van der Waals surface area contributed by atoms with E-state index in [1.54, 1.807) is 5.56 Å². The predicted molar refractivity (Wildman–Crippen MR) is 196 cm³/mol. The molecular weight excluding hydrogens is 608 g/mol. The summed E-state index contributed by atoms with van der Waals surface area (Å²) < 4.78 is 1.20. The van der Waals surface area contributed by atoms with Gasteiger partial charge in [0.2, 0.25) is 0 Å². The maximum atomic E-state index is 4.02. The number of hydrogen-bond acceptors (Lipinski definition) is 0. The van der Waals surface area contributed by atoms with Crippen LogP contribution in [0.2, 0.25) is 0 Å². The molecule has 4 unspecified atom stereocenters. The minimum atomic E-state index is -0.309. The molecule has 3 aliphatic rings. The Morgan fingerprint density at radius 1 is 0.778 bits per heavy atom. The molecule has 1 heteroatoms. The predicted octanol–water partition coefficient (Wildman–Crippen LogP) is 13.0.